The molecular weight excluding hydrogens is 446 g/mol. The maximum atomic E-state index is 13.2. The Labute approximate surface area is 204 Å². The summed E-state index contributed by atoms with van der Waals surface area (Å²) in [6, 6.07) is 15.9. The van der Waals surface area contributed by atoms with E-state index in [4.69, 9.17) is 0 Å². The highest BCUT2D eigenvalue weighted by atomic mass is 32.1. The van der Waals surface area contributed by atoms with Gasteiger partial charge in [0.05, 0.1) is 4.88 Å². The second-order valence-corrected chi connectivity index (χ2v) is 9.88. The molecule has 0 aliphatic carbocycles. The molecule has 7 nitrogen and oxygen atoms in total. The lowest BCUT2D eigenvalue weighted by molar-refractivity contribution is -0.136. The van der Waals surface area contributed by atoms with Gasteiger partial charge in [0, 0.05) is 56.4 Å². The minimum absolute atomic E-state index is 0.0791. The van der Waals surface area contributed by atoms with Crippen molar-refractivity contribution in [3.8, 4) is 10.6 Å². The van der Waals surface area contributed by atoms with E-state index >= 15 is 0 Å². The van der Waals surface area contributed by atoms with Crippen LogP contribution in [0.3, 0.4) is 0 Å². The van der Waals surface area contributed by atoms with Crippen LogP contribution in [0.4, 0.5) is 11.5 Å². The number of rotatable bonds is 5. The van der Waals surface area contributed by atoms with Crippen molar-refractivity contribution in [1.82, 2.24) is 15.1 Å². The number of piperazine rings is 1. The van der Waals surface area contributed by atoms with Gasteiger partial charge in [-0.25, -0.2) is 0 Å². The van der Waals surface area contributed by atoms with Crippen molar-refractivity contribution >= 4 is 34.5 Å². The summed E-state index contributed by atoms with van der Waals surface area (Å²) in [5, 5.41) is 10.9. The third-order valence-corrected chi connectivity index (χ3v) is 7.71. The zero-order chi connectivity index (χ0) is 23.5. The standard InChI is InChI=1S/C26H29N5O2S/c1-19(32)20-4-6-22(7-5-20)29-14-16-31(17-15-29)26(33)21-10-12-30(13-11-21)25-9-8-23(27-28-25)24-3-2-18-34-24/h2-9,18,21H,10-17H2,1H3. The molecule has 3 aromatic rings. The van der Waals surface area contributed by atoms with Gasteiger partial charge in [0.25, 0.3) is 0 Å². The van der Waals surface area contributed by atoms with Gasteiger partial charge in [-0.15, -0.1) is 21.5 Å². The first-order valence-corrected chi connectivity index (χ1v) is 12.7. The molecule has 0 bridgehead atoms. The van der Waals surface area contributed by atoms with E-state index in [0.717, 1.165) is 79.7 Å². The Morgan fingerprint density at radius 1 is 0.853 bits per heavy atom. The molecule has 0 spiro atoms. The number of piperidine rings is 1. The molecule has 2 saturated heterocycles. The van der Waals surface area contributed by atoms with Crippen LogP contribution in [0.1, 0.15) is 30.1 Å². The summed E-state index contributed by atoms with van der Waals surface area (Å²) >= 11 is 1.66. The predicted octanol–water partition coefficient (Wildman–Crippen LogP) is 3.97. The van der Waals surface area contributed by atoms with E-state index in [-0.39, 0.29) is 17.6 Å². The molecule has 4 heterocycles. The van der Waals surface area contributed by atoms with Gasteiger partial charge in [-0.3, -0.25) is 9.59 Å². The summed E-state index contributed by atoms with van der Waals surface area (Å²) in [5.41, 5.74) is 2.74. The van der Waals surface area contributed by atoms with E-state index < -0.39 is 0 Å². The highest BCUT2D eigenvalue weighted by Crippen LogP contribution is 2.27. The predicted molar refractivity (Wildman–Crippen MR) is 136 cm³/mol. The number of hydrogen-bond donors (Lipinski definition) is 0. The van der Waals surface area contributed by atoms with E-state index in [1.54, 1.807) is 18.3 Å². The smallest absolute Gasteiger partial charge is 0.225 e. The van der Waals surface area contributed by atoms with Gasteiger partial charge in [-0.2, -0.15) is 0 Å². The summed E-state index contributed by atoms with van der Waals surface area (Å²) in [4.78, 5) is 32.3. The van der Waals surface area contributed by atoms with Crippen molar-refractivity contribution in [3.63, 3.8) is 0 Å². The summed E-state index contributed by atoms with van der Waals surface area (Å²) in [6.07, 6.45) is 1.69. The topological polar surface area (TPSA) is 69.6 Å². The normalized spacial score (nSPS) is 17.1. The molecule has 0 atom stereocenters. The van der Waals surface area contributed by atoms with Gasteiger partial charge >= 0.3 is 0 Å². The number of carbonyl (C=O) groups is 2. The Morgan fingerprint density at radius 2 is 1.59 bits per heavy atom. The molecule has 176 valence electrons. The lowest BCUT2D eigenvalue weighted by Crippen LogP contribution is -2.51. The van der Waals surface area contributed by atoms with Crippen LogP contribution in [-0.4, -0.2) is 66.1 Å². The lowest BCUT2D eigenvalue weighted by Gasteiger charge is -2.39. The van der Waals surface area contributed by atoms with Crippen molar-refractivity contribution in [2.75, 3.05) is 49.1 Å². The molecule has 1 aromatic carbocycles. The molecular formula is C26H29N5O2S. The Hall–Kier alpha value is -3.26. The molecule has 0 radical (unpaired) electrons. The number of aromatic nitrogens is 2. The van der Waals surface area contributed by atoms with Crippen LogP contribution in [0.25, 0.3) is 10.6 Å². The molecule has 5 rings (SSSR count). The molecule has 8 heteroatoms. The zero-order valence-corrected chi connectivity index (χ0v) is 20.2. The quantitative estimate of drug-likeness (QED) is 0.520. The minimum atomic E-state index is 0.0791. The number of anilines is 2. The van der Waals surface area contributed by atoms with Crippen molar-refractivity contribution in [2.45, 2.75) is 19.8 Å². The molecule has 0 N–H and O–H groups in total. The SMILES string of the molecule is CC(=O)c1ccc(N2CCN(C(=O)C3CCN(c4ccc(-c5cccs5)nn4)CC3)CC2)cc1. The maximum absolute atomic E-state index is 13.2. The Morgan fingerprint density at radius 3 is 2.18 bits per heavy atom. The second-order valence-electron chi connectivity index (χ2n) is 8.93. The van der Waals surface area contributed by atoms with Crippen LogP contribution in [0.15, 0.2) is 53.9 Å². The minimum Gasteiger partial charge on any atom is -0.368 e. The first-order chi connectivity index (χ1) is 16.6. The molecule has 2 fully saturated rings. The zero-order valence-electron chi connectivity index (χ0n) is 19.4. The van der Waals surface area contributed by atoms with Crippen molar-refractivity contribution < 1.29 is 9.59 Å². The number of Topliss-reactive ketones (excluding diaryl/α,β-unsaturated/α-hetero) is 1. The molecule has 1 amide bonds. The third-order valence-electron chi connectivity index (χ3n) is 6.82. The average Bonchev–Trinajstić information content (AvgIpc) is 3.44. The van der Waals surface area contributed by atoms with Crippen molar-refractivity contribution in [3.05, 3.63) is 59.5 Å². The number of ketones is 1. The lowest BCUT2D eigenvalue weighted by atomic mass is 9.95. The number of carbonyl (C=O) groups excluding carboxylic acids is 2. The van der Waals surface area contributed by atoms with Crippen LogP contribution in [0.2, 0.25) is 0 Å². The van der Waals surface area contributed by atoms with Gasteiger partial charge in [-0.1, -0.05) is 6.07 Å². The highest BCUT2D eigenvalue weighted by molar-refractivity contribution is 7.13. The number of amides is 1. The average molecular weight is 476 g/mol. The van der Waals surface area contributed by atoms with Gasteiger partial charge in [-0.05, 0) is 67.6 Å². The Kier molecular flexibility index (Phi) is 6.58. The van der Waals surface area contributed by atoms with E-state index in [1.807, 2.05) is 52.7 Å². The van der Waals surface area contributed by atoms with E-state index in [9.17, 15) is 9.59 Å². The fourth-order valence-electron chi connectivity index (χ4n) is 4.76. The maximum Gasteiger partial charge on any atom is 0.225 e. The van der Waals surface area contributed by atoms with E-state index in [2.05, 4.69) is 26.1 Å². The van der Waals surface area contributed by atoms with Gasteiger partial charge < -0.3 is 14.7 Å². The molecule has 2 aromatic heterocycles. The molecule has 2 aliphatic heterocycles. The van der Waals surface area contributed by atoms with Crippen LogP contribution in [0.5, 0.6) is 0 Å². The molecule has 0 unspecified atom stereocenters. The van der Waals surface area contributed by atoms with E-state index in [1.165, 1.54) is 0 Å². The largest absolute Gasteiger partial charge is 0.368 e. The number of benzene rings is 1. The Balaban J connectivity index is 1.11. The Bertz CT molecular complexity index is 1120. The van der Waals surface area contributed by atoms with Gasteiger partial charge in [0.1, 0.15) is 5.69 Å². The third kappa shape index (κ3) is 4.82. The van der Waals surface area contributed by atoms with Crippen LogP contribution in [-0.2, 0) is 4.79 Å². The first kappa shape index (κ1) is 22.5. The van der Waals surface area contributed by atoms with Gasteiger partial charge in [0.15, 0.2) is 11.6 Å². The second kappa shape index (κ2) is 9.93. The number of nitrogens with zero attached hydrogens (tertiary/aromatic N) is 5. The highest BCUT2D eigenvalue weighted by Gasteiger charge is 2.31. The van der Waals surface area contributed by atoms with Gasteiger partial charge in [0.2, 0.25) is 5.91 Å². The molecule has 2 aliphatic rings. The van der Waals surface area contributed by atoms with Crippen LogP contribution < -0.4 is 9.80 Å². The molecule has 0 saturated carbocycles. The summed E-state index contributed by atoms with van der Waals surface area (Å²) < 4.78 is 0. The van der Waals surface area contributed by atoms with Crippen molar-refractivity contribution in [1.29, 1.82) is 0 Å². The number of hydrogen-bond acceptors (Lipinski definition) is 7. The number of thiophene rings is 1. The first-order valence-electron chi connectivity index (χ1n) is 11.9. The monoisotopic (exact) mass is 475 g/mol. The summed E-state index contributed by atoms with van der Waals surface area (Å²) in [7, 11) is 0. The van der Waals surface area contributed by atoms with Crippen molar-refractivity contribution in [2.24, 2.45) is 5.92 Å². The molecule has 34 heavy (non-hydrogen) atoms. The fourth-order valence-corrected chi connectivity index (χ4v) is 5.45. The summed E-state index contributed by atoms with van der Waals surface area (Å²) in [6.45, 7) is 6.34. The van der Waals surface area contributed by atoms with Crippen LogP contribution >= 0.6 is 11.3 Å². The fraction of sp³-hybridized carbons (Fsp3) is 0.385. The summed E-state index contributed by atoms with van der Waals surface area (Å²) in [5.74, 6) is 1.33. The van der Waals surface area contributed by atoms with Crippen LogP contribution in [0, 0.1) is 5.92 Å². The van der Waals surface area contributed by atoms with E-state index in [0.29, 0.717) is 0 Å².